The molecule has 0 unspecified atom stereocenters. The van der Waals surface area contributed by atoms with Crippen LogP contribution in [-0.4, -0.2) is 41.0 Å². The van der Waals surface area contributed by atoms with Gasteiger partial charge in [-0.1, -0.05) is 6.07 Å². The molecule has 25 heavy (non-hydrogen) atoms. The van der Waals surface area contributed by atoms with E-state index in [0.29, 0.717) is 28.6 Å². The highest BCUT2D eigenvalue weighted by atomic mass is 16.7. The third-order valence-corrected chi connectivity index (χ3v) is 3.63. The molecule has 0 aliphatic rings. The van der Waals surface area contributed by atoms with E-state index in [1.165, 1.54) is 14.2 Å². The van der Waals surface area contributed by atoms with Crippen molar-refractivity contribution in [2.45, 2.75) is 6.42 Å². The van der Waals surface area contributed by atoms with Gasteiger partial charge in [0.15, 0.2) is 24.1 Å². The summed E-state index contributed by atoms with van der Waals surface area (Å²) in [6.07, 6.45) is 0.217. The zero-order valence-corrected chi connectivity index (χ0v) is 14.8. The van der Waals surface area contributed by atoms with Crippen molar-refractivity contribution in [3.05, 3.63) is 47.5 Å². The Morgan fingerprint density at radius 2 is 1.56 bits per heavy atom. The molecule has 0 saturated carbocycles. The molecular weight excluding hydrogens is 324 g/mol. The number of hydrogen-bond acceptors (Lipinski definition) is 6. The molecule has 0 bridgehead atoms. The second kappa shape index (κ2) is 8.94. The van der Waals surface area contributed by atoms with E-state index in [0.717, 1.165) is 5.56 Å². The Morgan fingerprint density at radius 3 is 2.20 bits per heavy atom. The van der Waals surface area contributed by atoms with Crippen LogP contribution in [0.25, 0.3) is 0 Å². The van der Waals surface area contributed by atoms with Crippen LogP contribution < -0.4 is 18.9 Å². The van der Waals surface area contributed by atoms with E-state index in [4.69, 9.17) is 23.7 Å². The molecule has 2 aromatic carbocycles. The third kappa shape index (κ3) is 4.64. The Balaban J connectivity index is 2.20. The van der Waals surface area contributed by atoms with Crippen molar-refractivity contribution < 1.29 is 28.5 Å². The minimum atomic E-state index is -0.0673. The number of methoxy groups -OCH3 is 4. The first-order chi connectivity index (χ1) is 12.1. The average molecular weight is 346 g/mol. The number of ketones is 1. The first-order valence-electron chi connectivity index (χ1n) is 7.66. The molecular formula is C19H22O6. The maximum Gasteiger partial charge on any atom is 0.188 e. The maximum atomic E-state index is 12.7. The molecule has 6 nitrogen and oxygen atoms in total. The molecule has 0 amide bonds. The van der Waals surface area contributed by atoms with Crippen LogP contribution in [0.15, 0.2) is 36.4 Å². The van der Waals surface area contributed by atoms with Crippen molar-refractivity contribution in [2.24, 2.45) is 0 Å². The lowest BCUT2D eigenvalue weighted by molar-refractivity contribution is 0.0510. The van der Waals surface area contributed by atoms with Crippen molar-refractivity contribution in [3.8, 4) is 23.0 Å². The lowest BCUT2D eigenvalue weighted by Gasteiger charge is -2.12. The summed E-state index contributed by atoms with van der Waals surface area (Å²) in [4.78, 5) is 12.7. The van der Waals surface area contributed by atoms with Crippen LogP contribution in [0.1, 0.15) is 15.9 Å². The van der Waals surface area contributed by atoms with Gasteiger partial charge in [0.2, 0.25) is 0 Å². The molecule has 0 fully saturated rings. The number of carbonyl (C=O) groups excluding carboxylic acids is 1. The highest BCUT2D eigenvalue weighted by Gasteiger charge is 2.15. The average Bonchev–Trinajstić information content (AvgIpc) is 2.65. The monoisotopic (exact) mass is 346 g/mol. The summed E-state index contributed by atoms with van der Waals surface area (Å²) >= 11 is 0. The zero-order valence-electron chi connectivity index (χ0n) is 14.8. The van der Waals surface area contributed by atoms with Crippen LogP contribution in [0.4, 0.5) is 0 Å². The van der Waals surface area contributed by atoms with Gasteiger partial charge in [0, 0.05) is 19.6 Å². The Hall–Kier alpha value is -2.73. The van der Waals surface area contributed by atoms with Crippen molar-refractivity contribution in [3.63, 3.8) is 0 Å². The highest BCUT2D eigenvalue weighted by Crippen LogP contribution is 2.29. The minimum absolute atomic E-state index is 0.0673. The summed E-state index contributed by atoms with van der Waals surface area (Å²) < 4.78 is 26.0. The molecule has 0 aliphatic heterocycles. The van der Waals surface area contributed by atoms with Gasteiger partial charge in [-0.15, -0.1) is 0 Å². The van der Waals surface area contributed by atoms with Crippen LogP contribution in [0.5, 0.6) is 23.0 Å². The third-order valence-electron chi connectivity index (χ3n) is 3.63. The van der Waals surface area contributed by atoms with E-state index in [9.17, 15) is 4.79 Å². The number of ether oxygens (including phenoxy) is 5. The quantitative estimate of drug-likeness (QED) is 0.513. The predicted molar refractivity (Wildman–Crippen MR) is 93.1 cm³/mol. The van der Waals surface area contributed by atoms with E-state index in [1.54, 1.807) is 44.6 Å². The molecule has 0 aliphatic carbocycles. The van der Waals surface area contributed by atoms with Crippen LogP contribution in [0, 0.1) is 0 Å². The SMILES string of the molecule is COCOc1ccc(C(=O)Cc2ccc(OC)c(OC)c2)c(OC)c1. The summed E-state index contributed by atoms with van der Waals surface area (Å²) in [5.74, 6) is 2.17. The topological polar surface area (TPSA) is 63.2 Å². The number of carbonyl (C=O) groups is 1. The van der Waals surface area contributed by atoms with Crippen LogP contribution in [0.2, 0.25) is 0 Å². The fraction of sp³-hybridized carbons (Fsp3) is 0.316. The number of rotatable bonds is 9. The predicted octanol–water partition coefficient (Wildman–Crippen LogP) is 3.12. The fourth-order valence-electron chi connectivity index (χ4n) is 2.39. The minimum Gasteiger partial charge on any atom is -0.496 e. The summed E-state index contributed by atoms with van der Waals surface area (Å²) in [6, 6.07) is 10.5. The molecule has 0 aromatic heterocycles. The molecule has 2 rings (SSSR count). The van der Waals surface area contributed by atoms with E-state index in [2.05, 4.69) is 0 Å². The molecule has 2 aromatic rings. The van der Waals surface area contributed by atoms with Gasteiger partial charge in [-0.25, -0.2) is 0 Å². The summed E-state index contributed by atoms with van der Waals surface area (Å²) in [5, 5.41) is 0. The van der Waals surface area contributed by atoms with Gasteiger partial charge in [0.25, 0.3) is 0 Å². The molecule has 0 heterocycles. The Labute approximate surface area is 147 Å². The first kappa shape index (κ1) is 18.6. The fourth-order valence-corrected chi connectivity index (χ4v) is 2.39. The van der Waals surface area contributed by atoms with Crippen molar-refractivity contribution >= 4 is 5.78 Å². The Morgan fingerprint density at radius 1 is 0.840 bits per heavy atom. The highest BCUT2D eigenvalue weighted by molar-refractivity contribution is 6.00. The summed E-state index contributed by atoms with van der Waals surface area (Å²) in [6.45, 7) is 0.127. The normalized spacial score (nSPS) is 10.2. The molecule has 6 heteroatoms. The lowest BCUT2D eigenvalue weighted by atomic mass is 10.0. The molecule has 0 spiro atoms. The molecule has 0 saturated heterocycles. The molecule has 0 atom stereocenters. The maximum absolute atomic E-state index is 12.7. The van der Waals surface area contributed by atoms with E-state index in [-0.39, 0.29) is 19.0 Å². The van der Waals surface area contributed by atoms with Gasteiger partial charge >= 0.3 is 0 Å². The van der Waals surface area contributed by atoms with Crippen molar-refractivity contribution in [1.29, 1.82) is 0 Å². The number of benzene rings is 2. The zero-order chi connectivity index (χ0) is 18.2. The van der Waals surface area contributed by atoms with Crippen LogP contribution >= 0.6 is 0 Å². The lowest BCUT2D eigenvalue weighted by Crippen LogP contribution is -2.07. The largest absolute Gasteiger partial charge is 0.496 e. The summed E-state index contributed by atoms with van der Waals surface area (Å²) in [7, 11) is 6.19. The van der Waals surface area contributed by atoms with Crippen LogP contribution in [-0.2, 0) is 11.2 Å². The Bertz CT molecular complexity index is 726. The van der Waals surface area contributed by atoms with Crippen molar-refractivity contribution in [1.82, 2.24) is 0 Å². The second-order valence-electron chi connectivity index (χ2n) is 5.20. The van der Waals surface area contributed by atoms with Crippen molar-refractivity contribution in [2.75, 3.05) is 35.2 Å². The van der Waals surface area contributed by atoms with Gasteiger partial charge in [-0.3, -0.25) is 4.79 Å². The Kier molecular flexibility index (Phi) is 6.65. The van der Waals surface area contributed by atoms with Gasteiger partial charge in [-0.2, -0.15) is 0 Å². The van der Waals surface area contributed by atoms with Gasteiger partial charge in [0.1, 0.15) is 11.5 Å². The van der Waals surface area contributed by atoms with E-state index < -0.39 is 0 Å². The summed E-state index contributed by atoms with van der Waals surface area (Å²) in [5.41, 5.74) is 1.31. The second-order valence-corrected chi connectivity index (χ2v) is 5.20. The molecule has 0 radical (unpaired) electrons. The van der Waals surface area contributed by atoms with E-state index in [1.807, 2.05) is 6.07 Å². The number of hydrogen-bond donors (Lipinski definition) is 0. The smallest absolute Gasteiger partial charge is 0.188 e. The molecule has 134 valence electrons. The molecule has 0 N–H and O–H groups in total. The van der Waals surface area contributed by atoms with Gasteiger partial charge in [0.05, 0.1) is 26.9 Å². The van der Waals surface area contributed by atoms with Gasteiger partial charge in [-0.05, 0) is 29.8 Å². The van der Waals surface area contributed by atoms with Crippen LogP contribution in [0.3, 0.4) is 0 Å². The number of Topliss-reactive ketones (excluding diaryl/α,β-unsaturated/α-hetero) is 1. The van der Waals surface area contributed by atoms with Gasteiger partial charge < -0.3 is 23.7 Å². The van der Waals surface area contributed by atoms with E-state index >= 15 is 0 Å². The first-order valence-corrected chi connectivity index (χ1v) is 7.66. The standard InChI is InChI=1S/C19H22O6/c1-21-12-25-14-6-7-15(18(11-14)23-3)16(20)9-13-5-8-17(22-2)19(10-13)24-4/h5-8,10-11H,9,12H2,1-4H3.